The van der Waals surface area contributed by atoms with Crippen LogP contribution in [0.5, 0.6) is 0 Å². The number of carbonyl (C=O) groups excluding carboxylic acids is 1. The first-order valence-corrected chi connectivity index (χ1v) is 8.04. The summed E-state index contributed by atoms with van der Waals surface area (Å²) in [7, 11) is 0. The summed E-state index contributed by atoms with van der Waals surface area (Å²) in [5, 5.41) is 12.5. The maximum absolute atomic E-state index is 12.3. The molecule has 1 amide bonds. The maximum Gasteiger partial charge on any atom is 0.240 e. The summed E-state index contributed by atoms with van der Waals surface area (Å²) >= 11 is 0. The molecule has 124 valence electrons. The van der Waals surface area contributed by atoms with Crippen molar-refractivity contribution >= 4 is 5.91 Å². The molecule has 0 radical (unpaired) electrons. The van der Waals surface area contributed by atoms with E-state index in [2.05, 4.69) is 15.4 Å². The van der Waals surface area contributed by atoms with Gasteiger partial charge in [-0.3, -0.25) is 4.79 Å². The molecule has 0 atom stereocenters. The number of hydrogen-bond donors (Lipinski definition) is 0. The third-order valence-corrected chi connectivity index (χ3v) is 4.16. The molecule has 7 nitrogen and oxygen atoms in total. The Bertz CT molecular complexity index is 648. The Labute approximate surface area is 135 Å². The highest BCUT2D eigenvalue weighted by molar-refractivity contribution is 5.81. The summed E-state index contributed by atoms with van der Waals surface area (Å²) in [4.78, 5) is 15.9. The molecule has 0 aromatic carbocycles. The molecule has 3 heterocycles. The molecule has 1 fully saturated rings. The monoisotopic (exact) mass is 317 g/mol. The summed E-state index contributed by atoms with van der Waals surface area (Å²) < 4.78 is 5.27. The van der Waals surface area contributed by atoms with Crippen LogP contribution in [-0.2, 0) is 11.3 Å². The van der Waals surface area contributed by atoms with Crippen LogP contribution in [0.25, 0.3) is 11.6 Å². The molecule has 2 aromatic heterocycles. The van der Waals surface area contributed by atoms with E-state index in [1.54, 1.807) is 17.1 Å². The van der Waals surface area contributed by atoms with Crippen LogP contribution in [0.4, 0.5) is 0 Å². The summed E-state index contributed by atoms with van der Waals surface area (Å²) in [5.74, 6) is 1.84. The fourth-order valence-corrected chi connectivity index (χ4v) is 2.85. The van der Waals surface area contributed by atoms with Crippen LogP contribution < -0.4 is 0 Å². The van der Waals surface area contributed by atoms with Crippen molar-refractivity contribution in [3.05, 3.63) is 18.4 Å². The zero-order valence-electron chi connectivity index (χ0n) is 13.9. The Morgan fingerprint density at radius 2 is 2.09 bits per heavy atom. The number of furan rings is 1. The molecular weight excluding hydrogens is 294 g/mol. The molecule has 1 aliphatic rings. The fourth-order valence-electron chi connectivity index (χ4n) is 2.85. The highest BCUT2D eigenvalue weighted by atomic mass is 16.3. The zero-order valence-corrected chi connectivity index (χ0v) is 13.9. The molecule has 0 aliphatic carbocycles. The normalized spacial score (nSPS) is 16.7. The van der Waals surface area contributed by atoms with Crippen molar-refractivity contribution in [1.29, 1.82) is 0 Å². The minimum Gasteiger partial charge on any atom is -0.461 e. The predicted octanol–water partition coefficient (Wildman–Crippen LogP) is 2.22. The van der Waals surface area contributed by atoms with Gasteiger partial charge in [-0.05, 0) is 36.1 Å². The van der Waals surface area contributed by atoms with Crippen LogP contribution in [-0.4, -0.2) is 44.1 Å². The van der Waals surface area contributed by atoms with Crippen LogP contribution >= 0.6 is 0 Å². The van der Waals surface area contributed by atoms with Gasteiger partial charge in [-0.25, -0.2) is 0 Å². The molecule has 0 spiro atoms. The first-order valence-electron chi connectivity index (χ1n) is 8.04. The van der Waals surface area contributed by atoms with Crippen LogP contribution in [0.1, 0.15) is 33.6 Å². The van der Waals surface area contributed by atoms with Crippen molar-refractivity contribution < 1.29 is 9.21 Å². The van der Waals surface area contributed by atoms with Crippen molar-refractivity contribution in [3.8, 4) is 11.6 Å². The number of rotatable bonds is 3. The van der Waals surface area contributed by atoms with Gasteiger partial charge in [0.25, 0.3) is 0 Å². The van der Waals surface area contributed by atoms with Gasteiger partial charge in [-0.2, -0.15) is 4.80 Å². The lowest BCUT2D eigenvalue weighted by Crippen LogP contribution is -2.44. The molecule has 0 unspecified atom stereocenters. The number of amides is 1. The van der Waals surface area contributed by atoms with E-state index in [-0.39, 0.29) is 11.3 Å². The Morgan fingerprint density at radius 3 is 2.70 bits per heavy atom. The second-order valence-corrected chi connectivity index (χ2v) is 7.13. The third kappa shape index (κ3) is 3.60. The standard InChI is InChI=1S/C16H23N5O2/c1-16(2,3)15(22)20-8-6-12(7-9-20)11-21-18-14(17-19-21)13-5-4-10-23-13/h4-5,10,12H,6-9,11H2,1-3H3. The number of likely N-dealkylation sites (tertiary alicyclic amines) is 1. The first kappa shape index (κ1) is 15.7. The van der Waals surface area contributed by atoms with Crippen molar-refractivity contribution in [2.45, 2.75) is 40.2 Å². The molecule has 23 heavy (non-hydrogen) atoms. The van der Waals surface area contributed by atoms with Crippen molar-refractivity contribution in [2.75, 3.05) is 13.1 Å². The maximum atomic E-state index is 12.3. The topological polar surface area (TPSA) is 77.0 Å². The van der Waals surface area contributed by atoms with Gasteiger partial charge in [0.05, 0.1) is 12.8 Å². The predicted molar refractivity (Wildman–Crippen MR) is 84.3 cm³/mol. The zero-order chi connectivity index (χ0) is 16.4. The van der Waals surface area contributed by atoms with E-state index in [4.69, 9.17) is 4.42 Å². The quantitative estimate of drug-likeness (QED) is 0.867. The number of tetrazole rings is 1. The van der Waals surface area contributed by atoms with Gasteiger partial charge in [-0.15, -0.1) is 10.2 Å². The lowest BCUT2D eigenvalue weighted by atomic mass is 9.91. The Hall–Kier alpha value is -2.18. The van der Waals surface area contributed by atoms with E-state index >= 15 is 0 Å². The lowest BCUT2D eigenvalue weighted by molar-refractivity contribution is -0.141. The van der Waals surface area contributed by atoms with Gasteiger partial charge in [-0.1, -0.05) is 20.8 Å². The molecule has 0 N–H and O–H groups in total. The molecule has 1 saturated heterocycles. The smallest absolute Gasteiger partial charge is 0.240 e. The van der Waals surface area contributed by atoms with E-state index in [1.165, 1.54) is 0 Å². The Balaban J connectivity index is 1.54. The molecule has 1 aliphatic heterocycles. The summed E-state index contributed by atoms with van der Waals surface area (Å²) in [6.07, 6.45) is 3.54. The molecular formula is C16H23N5O2. The Kier molecular flexibility index (Phi) is 4.19. The number of aromatic nitrogens is 4. The van der Waals surface area contributed by atoms with Gasteiger partial charge in [0.1, 0.15) is 0 Å². The van der Waals surface area contributed by atoms with E-state index in [0.29, 0.717) is 17.5 Å². The third-order valence-electron chi connectivity index (χ3n) is 4.16. The molecule has 3 rings (SSSR count). The average Bonchev–Trinajstić information content (AvgIpc) is 3.17. The lowest BCUT2D eigenvalue weighted by Gasteiger charge is -2.35. The van der Waals surface area contributed by atoms with E-state index in [1.807, 2.05) is 31.7 Å². The van der Waals surface area contributed by atoms with Crippen molar-refractivity contribution in [2.24, 2.45) is 11.3 Å². The van der Waals surface area contributed by atoms with Crippen LogP contribution in [0.2, 0.25) is 0 Å². The number of nitrogens with zero attached hydrogens (tertiary/aromatic N) is 5. The molecule has 2 aromatic rings. The SMILES string of the molecule is CC(C)(C)C(=O)N1CCC(Cn2nnc(-c3ccco3)n2)CC1. The number of carbonyl (C=O) groups is 1. The van der Waals surface area contributed by atoms with Gasteiger partial charge in [0.2, 0.25) is 11.7 Å². The van der Waals surface area contributed by atoms with Gasteiger partial charge >= 0.3 is 0 Å². The second-order valence-electron chi connectivity index (χ2n) is 7.13. The highest BCUT2D eigenvalue weighted by Crippen LogP contribution is 2.24. The van der Waals surface area contributed by atoms with Gasteiger partial charge < -0.3 is 9.32 Å². The first-order chi connectivity index (χ1) is 10.9. The number of piperidine rings is 1. The minimum atomic E-state index is -0.307. The summed E-state index contributed by atoms with van der Waals surface area (Å²) in [6.45, 7) is 8.25. The molecule has 0 saturated carbocycles. The van der Waals surface area contributed by atoms with Crippen LogP contribution in [0.3, 0.4) is 0 Å². The molecule has 0 bridgehead atoms. The van der Waals surface area contributed by atoms with Crippen LogP contribution in [0.15, 0.2) is 22.8 Å². The van der Waals surface area contributed by atoms with Gasteiger partial charge in [0.15, 0.2) is 5.76 Å². The highest BCUT2D eigenvalue weighted by Gasteiger charge is 2.30. The number of hydrogen-bond acceptors (Lipinski definition) is 5. The fraction of sp³-hybridized carbons (Fsp3) is 0.625. The minimum absolute atomic E-state index is 0.231. The van der Waals surface area contributed by atoms with E-state index in [0.717, 1.165) is 32.5 Å². The summed E-state index contributed by atoms with van der Waals surface area (Å²) in [5.41, 5.74) is -0.307. The average molecular weight is 317 g/mol. The van der Waals surface area contributed by atoms with Gasteiger partial charge in [0, 0.05) is 18.5 Å². The second kappa shape index (κ2) is 6.14. The van der Waals surface area contributed by atoms with Crippen LogP contribution in [0, 0.1) is 11.3 Å². The molecule has 7 heteroatoms. The Morgan fingerprint density at radius 1 is 1.35 bits per heavy atom. The van der Waals surface area contributed by atoms with E-state index < -0.39 is 0 Å². The van der Waals surface area contributed by atoms with Crippen molar-refractivity contribution in [1.82, 2.24) is 25.1 Å². The largest absolute Gasteiger partial charge is 0.461 e. The van der Waals surface area contributed by atoms with Crippen molar-refractivity contribution in [3.63, 3.8) is 0 Å². The summed E-state index contributed by atoms with van der Waals surface area (Å²) in [6, 6.07) is 3.62. The van der Waals surface area contributed by atoms with E-state index in [9.17, 15) is 4.79 Å².